The third kappa shape index (κ3) is 16.7. The molecule has 0 atom stereocenters. The van der Waals surface area contributed by atoms with Gasteiger partial charge in [0.25, 0.3) is 0 Å². The Kier molecular flexibility index (Phi) is 15.1. The lowest BCUT2D eigenvalue weighted by atomic mass is 10.0. The monoisotopic (exact) mass is 312 g/mol. The SMILES string of the molecule is C=COC(=O)CCCCCCCCCCCCCCC(=O)O. The van der Waals surface area contributed by atoms with Crippen molar-refractivity contribution in [3.8, 4) is 0 Å². The lowest BCUT2D eigenvalue weighted by molar-refractivity contribution is -0.138. The van der Waals surface area contributed by atoms with E-state index in [2.05, 4.69) is 11.3 Å². The number of hydrogen-bond donors (Lipinski definition) is 1. The molecular formula is C18H32O4. The Morgan fingerprint density at radius 1 is 0.727 bits per heavy atom. The second-order valence-corrected chi connectivity index (χ2v) is 5.79. The lowest BCUT2D eigenvalue weighted by Crippen LogP contribution is -1.98. The molecule has 0 rings (SSSR count). The molecule has 0 radical (unpaired) electrons. The number of esters is 1. The van der Waals surface area contributed by atoms with Crippen molar-refractivity contribution in [1.82, 2.24) is 0 Å². The standard InChI is InChI=1S/C18H32O4/c1-2-22-18(21)16-14-12-10-8-6-4-3-5-7-9-11-13-15-17(19)20/h2H,1,3-16H2,(H,19,20). The Balaban J connectivity index is 3.07. The summed E-state index contributed by atoms with van der Waals surface area (Å²) in [5.41, 5.74) is 0. The number of ether oxygens (including phenoxy) is 1. The largest absolute Gasteiger partial charge is 0.481 e. The predicted octanol–water partition coefficient (Wildman–Crippen LogP) is 5.22. The molecule has 0 spiro atoms. The summed E-state index contributed by atoms with van der Waals surface area (Å²) in [6, 6.07) is 0. The zero-order valence-electron chi connectivity index (χ0n) is 13.9. The van der Waals surface area contributed by atoms with Gasteiger partial charge in [-0.1, -0.05) is 70.8 Å². The van der Waals surface area contributed by atoms with Crippen LogP contribution in [0, 0.1) is 0 Å². The van der Waals surface area contributed by atoms with Crippen molar-refractivity contribution in [2.45, 2.75) is 89.9 Å². The molecule has 0 amide bonds. The van der Waals surface area contributed by atoms with E-state index in [-0.39, 0.29) is 5.97 Å². The van der Waals surface area contributed by atoms with E-state index in [4.69, 9.17) is 5.11 Å². The molecule has 0 saturated heterocycles. The van der Waals surface area contributed by atoms with Gasteiger partial charge in [-0.3, -0.25) is 9.59 Å². The molecule has 4 heteroatoms. The molecule has 22 heavy (non-hydrogen) atoms. The van der Waals surface area contributed by atoms with E-state index in [1.807, 2.05) is 0 Å². The van der Waals surface area contributed by atoms with Crippen LogP contribution in [0.1, 0.15) is 89.9 Å². The third-order valence-electron chi connectivity index (χ3n) is 3.74. The number of rotatable bonds is 16. The van der Waals surface area contributed by atoms with Gasteiger partial charge in [0.15, 0.2) is 0 Å². The summed E-state index contributed by atoms with van der Waals surface area (Å²) in [7, 11) is 0. The molecule has 0 aliphatic rings. The van der Waals surface area contributed by atoms with Gasteiger partial charge in [0.05, 0.1) is 6.26 Å². The Morgan fingerprint density at radius 2 is 1.09 bits per heavy atom. The summed E-state index contributed by atoms with van der Waals surface area (Å²) < 4.78 is 4.66. The van der Waals surface area contributed by atoms with Gasteiger partial charge in [0, 0.05) is 12.8 Å². The van der Waals surface area contributed by atoms with Crippen LogP contribution in [0.3, 0.4) is 0 Å². The summed E-state index contributed by atoms with van der Waals surface area (Å²) in [5.74, 6) is -0.865. The van der Waals surface area contributed by atoms with Crippen molar-refractivity contribution in [3.05, 3.63) is 12.8 Å². The quantitative estimate of drug-likeness (QED) is 0.241. The van der Waals surface area contributed by atoms with Gasteiger partial charge in [-0.05, 0) is 12.8 Å². The van der Waals surface area contributed by atoms with Crippen LogP contribution in [0.4, 0.5) is 0 Å². The first-order valence-corrected chi connectivity index (χ1v) is 8.69. The van der Waals surface area contributed by atoms with Gasteiger partial charge in [-0.15, -0.1) is 0 Å². The van der Waals surface area contributed by atoms with E-state index >= 15 is 0 Å². The molecule has 0 aliphatic carbocycles. The molecule has 128 valence electrons. The first kappa shape index (κ1) is 20.7. The summed E-state index contributed by atoms with van der Waals surface area (Å²) in [4.78, 5) is 21.4. The van der Waals surface area contributed by atoms with Crippen LogP contribution in [-0.2, 0) is 14.3 Å². The molecule has 1 N–H and O–H groups in total. The molecule has 0 aromatic carbocycles. The number of hydrogen-bond acceptors (Lipinski definition) is 3. The molecule has 0 aliphatic heterocycles. The first-order valence-electron chi connectivity index (χ1n) is 8.69. The molecule has 0 fully saturated rings. The Bertz CT molecular complexity index is 299. The highest BCUT2D eigenvalue weighted by Gasteiger charge is 2.00. The van der Waals surface area contributed by atoms with Crippen molar-refractivity contribution >= 4 is 11.9 Å². The van der Waals surface area contributed by atoms with E-state index in [1.54, 1.807) is 0 Å². The van der Waals surface area contributed by atoms with Crippen LogP contribution in [0.5, 0.6) is 0 Å². The van der Waals surface area contributed by atoms with Crippen molar-refractivity contribution in [3.63, 3.8) is 0 Å². The van der Waals surface area contributed by atoms with Crippen LogP contribution in [-0.4, -0.2) is 17.0 Å². The maximum absolute atomic E-state index is 11.1. The molecule has 0 saturated carbocycles. The predicted molar refractivity (Wildman–Crippen MR) is 88.6 cm³/mol. The van der Waals surface area contributed by atoms with Gasteiger partial charge >= 0.3 is 11.9 Å². The van der Waals surface area contributed by atoms with Gasteiger partial charge in [-0.25, -0.2) is 0 Å². The number of aliphatic carboxylic acids is 1. The zero-order chi connectivity index (χ0) is 16.5. The summed E-state index contributed by atoms with van der Waals surface area (Å²) >= 11 is 0. The Hall–Kier alpha value is -1.32. The topological polar surface area (TPSA) is 63.6 Å². The summed E-state index contributed by atoms with van der Waals surface area (Å²) in [5, 5.41) is 8.51. The molecule has 4 nitrogen and oxygen atoms in total. The van der Waals surface area contributed by atoms with Gasteiger partial charge in [0.1, 0.15) is 0 Å². The highest BCUT2D eigenvalue weighted by molar-refractivity contribution is 5.69. The fourth-order valence-corrected chi connectivity index (χ4v) is 2.47. The molecule has 0 unspecified atom stereocenters. The van der Waals surface area contributed by atoms with E-state index in [9.17, 15) is 9.59 Å². The second-order valence-electron chi connectivity index (χ2n) is 5.79. The average molecular weight is 312 g/mol. The van der Waals surface area contributed by atoms with E-state index < -0.39 is 5.97 Å². The summed E-state index contributed by atoms with van der Waals surface area (Å²) in [6.07, 6.45) is 15.8. The maximum Gasteiger partial charge on any atom is 0.310 e. The van der Waals surface area contributed by atoms with Crippen LogP contribution >= 0.6 is 0 Å². The van der Waals surface area contributed by atoms with Crippen LogP contribution in [0.2, 0.25) is 0 Å². The highest BCUT2D eigenvalue weighted by atomic mass is 16.5. The number of carboxylic acids is 1. The van der Waals surface area contributed by atoms with E-state index in [0.717, 1.165) is 32.1 Å². The van der Waals surface area contributed by atoms with E-state index in [0.29, 0.717) is 12.8 Å². The average Bonchev–Trinajstić information content (AvgIpc) is 2.47. The molecule has 0 heterocycles. The maximum atomic E-state index is 11.1. The minimum absolute atomic E-state index is 0.182. The minimum atomic E-state index is -0.683. The van der Waals surface area contributed by atoms with Gasteiger partial charge in [-0.2, -0.15) is 0 Å². The van der Waals surface area contributed by atoms with Gasteiger partial charge < -0.3 is 9.84 Å². The fourth-order valence-electron chi connectivity index (χ4n) is 2.47. The third-order valence-corrected chi connectivity index (χ3v) is 3.74. The summed E-state index contributed by atoms with van der Waals surface area (Å²) in [6.45, 7) is 3.35. The number of carbonyl (C=O) groups is 2. The molecule has 0 bridgehead atoms. The number of unbranched alkanes of at least 4 members (excludes halogenated alkanes) is 11. The van der Waals surface area contributed by atoms with E-state index in [1.165, 1.54) is 51.2 Å². The molecular weight excluding hydrogens is 280 g/mol. The molecule has 0 aromatic heterocycles. The minimum Gasteiger partial charge on any atom is -0.481 e. The van der Waals surface area contributed by atoms with Gasteiger partial charge in [0.2, 0.25) is 0 Å². The molecule has 0 aromatic rings. The first-order chi connectivity index (χ1) is 10.7. The Morgan fingerprint density at radius 3 is 1.45 bits per heavy atom. The van der Waals surface area contributed by atoms with Crippen molar-refractivity contribution < 1.29 is 19.4 Å². The highest BCUT2D eigenvalue weighted by Crippen LogP contribution is 2.13. The lowest BCUT2D eigenvalue weighted by Gasteiger charge is -2.03. The number of carboxylic acid groups (broad SMARTS) is 1. The van der Waals surface area contributed by atoms with Crippen molar-refractivity contribution in [2.24, 2.45) is 0 Å². The smallest absolute Gasteiger partial charge is 0.310 e. The number of carbonyl (C=O) groups excluding carboxylic acids is 1. The van der Waals surface area contributed by atoms with Crippen LogP contribution in [0.15, 0.2) is 12.8 Å². The van der Waals surface area contributed by atoms with Crippen molar-refractivity contribution in [1.29, 1.82) is 0 Å². The van der Waals surface area contributed by atoms with Crippen molar-refractivity contribution in [2.75, 3.05) is 0 Å². The Labute approximate surface area is 134 Å². The van der Waals surface area contributed by atoms with Crippen LogP contribution in [0.25, 0.3) is 0 Å². The zero-order valence-corrected chi connectivity index (χ0v) is 13.9. The normalized spacial score (nSPS) is 10.4. The van der Waals surface area contributed by atoms with Crippen LogP contribution < -0.4 is 0 Å². The second kappa shape index (κ2) is 16.1. The fraction of sp³-hybridized carbons (Fsp3) is 0.778.